The minimum absolute atomic E-state index is 0.281. The first kappa shape index (κ1) is 13.4. The van der Waals surface area contributed by atoms with Gasteiger partial charge in [0.25, 0.3) is 0 Å². The van der Waals surface area contributed by atoms with Crippen LogP contribution in [0.4, 0.5) is 14.7 Å². The maximum Gasteiger partial charge on any atom is 0.319 e. The Hall–Kier alpha value is -1.57. The zero-order valence-corrected chi connectivity index (χ0v) is 12.0. The van der Waals surface area contributed by atoms with Crippen LogP contribution in [0.3, 0.4) is 0 Å². The molecule has 1 saturated carbocycles. The Morgan fingerprint density at radius 3 is 2.60 bits per heavy atom. The molecule has 0 radical (unpaired) electrons. The number of anilines is 1. The molecule has 1 aliphatic rings. The molecule has 0 amide bonds. The van der Waals surface area contributed by atoms with Crippen molar-refractivity contribution in [2.45, 2.75) is 32.0 Å². The van der Waals surface area contributed by atoms with Gasteiger partial charge in [-0.3, -0.25) is 4.57 Å². The van der Waals surface area contributed by atoms with E-state index in [1.54, 1.807) is 12.4 Å². The molecule has 0 bridgehead atoms. The smallest absolute Gasteiger partial charge is 0.319 e. The number of alkyl halides is 2. The Balaban J connectivity index is 1.84. The van der Waals surface area contributed by atoms with E-state index < -0.39 is 6.55 Å². The summed E-state index contributed by atoms with van der Waals surface area (Å²) in [6, 6.07) is 0.305. The predicted molar refractivity (Wildman–Crippen MR) is 72.4 cm³/mol. The molecule has 0 saturated heterocycles. The summed E-state index contributed by atoms with van der Waals surface area (Å²) >= 11 is 3.28. The summed E-state index contributed by atoms with van der Waals surface area (Å²) < 4.78 is 27.4. The van der Waals surface area contributed by atoms with Crippen LogP contribution in [0.25, 0.3) is 0 Å². The van der Waals surface area contributed by atoms with E-state index in [4.69, 9.17) is 0 Å². The van der Waals surface area contributed by atoms with E-state index in [0.717, 1.165) is 21.9 Å². The van der Waals surface area contributed by atoms with Crippen LogP contribution in [-0.2, 0) is 6.54 Å². The molecule has 0 aromatic carbocycles. The summed E-state index contributed by atoms with van der Waals surface area (Å²) in [4.78, 5) is 14.4. The fraction of sp³-hybridized carbons (Fsp3) is 0.417. The summed E-state index contributed by atoms with van der Waals surface area (Å²) in [5, 5.41) is 0. The first-order chi connectivity index (χ1) is 9.65. The van der Waals surface area contributed by atoms with E-state index in [1.807, 2.05) is 4.90 Å². The van der Waals surface area contributed by atoms with Crippen molar-refractivity contribution in [1.29, 1.82) is 0 Å². The van der Waals surface area contributed by atoms with Gasteiger partial charge in [0.1, 0.15) is 5.82 Å². The number of hydrogen-bond acceptors (Lipinski definition) is 4. The molecular weight excluding hydrogens is 332 g/mol. The molecule has 2 aromatic heterocycles. The van der Waals surface area contributed by atoms with Crippen LogP contribution in [-0.4, -0.2) is 25.6 Å². The summed E-state index contributed by atoms with van der Waals surface area (Å²) in [7, 11) is 0. The molecule has 0 atom stereocenters. The van der Waals surface area contributed by atoms with Crippen LogP contribution in [0, 0.1) is 0 Å². The molecule has 5 nitrogen and oxygen atoms in total. The molecule has 2 aromatic rings. The first-order valence-corrected chi connectivity index (χ1v) is 6.98. The molecular formula is C12H12BrF2N5. The fourth-order valence-corrected chi connectivity index (χ4v) is 2.20. The van der Waals surface area contributed by atoms with E-state index >= 15 is 0 Å². The average molecular weight is 344 g/mol. The van der Waals surface area contributed by atoms with Crippen molar-refractivity contribution in [2.75, 3.05) is 4.90 Å². The van der Waals surface area contributed by atoms with Gasteiger partial charge in [-0.05, 0) is 28.8 Å². The van der Waals surface area contributed by atoms with Crippen molar-refractivity contribution < 1.29 is 8.78 Å². The minimum atomic E-state index is -2.58. The van der Waals surface area contributed by atoms with Crippen LogP contribution in [0.1, 0.15) is 25.2 Å². The number of nitrogens with zero attached hydrogens (tertiary/aromatic N) is 5. The van der Waals surface area contributed by atoms with Crippen LogP contribution in [0.2, 0.25) is 0 Å². The number of rotatable bonds is 5. The molecule has 1 aliphatic carbocycles. The Kier molecular flexibility index (Phi) is 3.64. The average Bonchev–Trinajstić information content (AvgIpc) is 3.15. The lowest BCUT2D eigenvalue weighted by atomic mass is 10.4. The zero-order valence-electron chi connectivity index (χ0n) is 10.5. The first-order valence-electron chi connectivity index (χ1n) is 6.19. The maximum absolute atomic E-state index is 12.9. The van der Waals surface area contributed by atoms with Crippen molar-refractivity contribution in [3.8, 4) is 0 Å². The van der Waals surface area contributed by atoms with Gasteiger partial charge >= 0.3 is 6.55 Å². The highest BCUT2D eigenvalue weighted by Gasteiger charge is 2.32. The SMILES string of the molecule is FC(F)n1ccnc1CN(c1ncc(Br)cn1)C1CC1. The minimum Gasteiger partial charge on any atom is -0.330 e. The molecule has 0 spiro atoms. The van der Waals surface area contributed by atoms with Crippen LogP contribution < -0.4 is 4.90 Å². The third-order valence-electron chi connectivity index (χ3n) is 3.12. The highest BCUT2D eigenvalue weighted by molar-refractivity contribution is 9.10. The Morgan fingerprint density at radius 1 is 1.30 bits per heavy atom. The number of halogens is 3. The molecule has 20 heavy (non-hydrogen) atoms. The Labute approximate surface area is 122 Å². The van der Waals surface area contributed by atoms with Gasteiger partial charge in [0.05, 0.1) is 11.0 Å². The second-order valence-electron chi connectivity index (χ2n) is 4.59. The van der Waals surface area contributed by atoms with Gasteiger partial charge in [0.15, 0.2) is 0 Å². The molecule has 0 unspecified atom stereocenters. The maximum atomic E-state index is 12.9. The normalized spacial score (nSPS) is 14.8. The van der Waals surface area contributed by atoms with E-state index in [2.05, 4.69) is 30.9 Å². The predicted octanol–water partition coefficient (Wildman–Crippen LogP) is 3.00. The summed E-state index contributed by atoms with van der Waals surface area (Å²) in [6.45, 7) is -2.30. The fourth-order valence-electron chi connectivity index (χ4n) is 2.00. The van der Waals surface area contributed by atoms with Gasteiger partial charge in [-0.25, -0.2) is 15.0 Å². The number of imidazole rings is 1. The lowest BCUT2D eigenvalue weighted by Gasteiger charge is -2.22. The number of aromatic nitrogens is 4. The lowest BCUT2D eigenvalue weighted by molar-refractivity contribution is 0.0669. The van der Waals surface area contributed by atoms with Crippen molar-refractivity contribution in [1.82, 2.24) is 19.5 Å². The zero-order chi connectivity index (χ0) is 14.1. The molecule has 1 fully saturated rings. The third kappa shape index (κ3) is 2.79. The van der Waals surface area contributed by atoms with Crippen molar-refractivity contribution in [3.63, 3.8) is 0 Å². The van der Waals surface area contributed by atoms with Crippen LogP contribution in [0.15, 0.2) is 29.3 Å². The second-order valence-corrected chi connectivity index (χ2v) is 5.50. The van der Waals surface area contributed by atoms with E-state index in [0.29, 0.717) is 17.8 Å². The second kappa shape index (κ2) is 5.43. The standard InChI is InChI=1S/C12H12BrF2N5/c13-8-5-17-12(18-6-8)20(9-1-2-9)7-10-16-3-4-19(10)11(14)15/h3-6,9,11H,1-2,7H2. The Bertz CT molecular complexity index is 582. The topological polar surface area (TPSA) is 46.8 Å². The Morgan fingerprint density at radius 2 is 2.00 bits per heavy atom. The highest BCUT2D eigenvalue weighted by atomic mass is 79.9. The molecule has 2 heterocycles. The van der Waals surface area contributed by atoms with Gasteiger partial charge in [0, 0.05) is 30.8 Å². The largest absolute Gasteiger partial charge is 0.330 e. The summed E-state index contributed by atoms with van der Waals surface area (Å²) in [5.41, 5.74) is 0. The third-order valence-corrected chi connectivity index (χ3v) is 3.53. The van der Waals surface area contributed by atoms with E-state index in [9.17, 15) is 8.78 Å². The van der Waals surface area contributed by atoms with E-state index in [1.165, 1.54) is 12.4 Å². The van der Waals surface area contributed by atoms with Crippen molar-refractivity contribution in [3.05, 3.63) is 35.1 Å². The van der Waals surface area contributed by atoms with Crippen molar-refractivity contribution >= 4 is 21.9 Å². The van der Waals surface area contributed by atoms with Gasteiger partial charge in [-0.2, -0.15) is 8.78 Å². The molecule has 106 valence electrons. The summed E-state index contributed by atoms with van der Waals surface area (Å²) in [6.07, 6.45) is 8.01. The van der Waals surface area contributed by atoms with Gasteiger partial charge < -0.3 is 4.90 Å². The summed E-state index contributed by atoms with van der Waals surface area (Å²) in [5.74, 6) is 0.859. The van der Waals surface area contributed by atoms with Crippen molar-refractivity contribution in [2.24, 2.45) is 0 Å². The van der Waals surface area contributed by atoms with E-state index in [-0.39, 0.29) is 6.54 Å². The van der Waals surface area contributed by atoms with Crippen LogP contribution in [0.5, 0.6) is 0 Å². The van der Waals surface area contributed by atoms with Gasteiger partial charge in [-0.1, -0.05) is 0 Å². The molecule has 3 rings (SSSR count). The van der Waals surface area contributed by atoms with Gasteiger partial charge in [-0.15, -0.1) is 0 Å². The lowest BCUT2D eigenvalue weighted by Crippen LogP contribution is -2.28. The molecule has 0 aliphatic heterocycles. The monoisotopic (exact) mass is 343 g/mol. The molecule has 0 N–H and O–H groups in total. The number of hydrogen-bond donors (Lipinski definition) is 0. The molecule has 8 heteroatoms. The quantitative estimate of drug-likeness (QED) is 0.837. The highest BCUT2D eigenvalue weighted by Crippen LogP contribution is 2.31. The van der Waals surface area contributed by atoms with Gasteiger partial charge in [0.2, 0.25) is 5.95 Å². The van der Waals surface area contributed by atoms with Crippen LogP contribution >= 0.6 is 15.9 Å².